The quantitative estimate of drug-likeness (QED) is 0.786. The summed E-state index contributed by atoms with van der Waals surface area (Å²) in [4.78, 5) is 12.2. The molecule has 2 aromatic rings. The van der Waals surface area contributed by atoms with Crippen molar-refractivity contribution in [3.8, 4) is 0 Å². The van der Waals surface area contributed by atoms with Gasteiger partial charge in [0.1, 0.15) is 0 Å². The molecule has 0 aliphatic carbocycles. The predicted octanol–water partition coefficient (Wildman–Crippen LogP) is 3.33. The largest absolute Gasteiger partial charge is 0.355 e. The average molecular weight is 359 g/mol. The standard InChI is InChI=1S/C20H25NO3S/c1-16(2)18-11-8-17(9-12-18)10-13-20(22)21-14-15-25(23,24)19-6-4-3-5-7-19/h3-9,11-12,16H,10,13-15H2,1-2H3,(H,21,22). The Kier molecular flexibility index (Phi) is 6.76. The van der Waals surface area contributed by atoms with Crippen LogP contribution in [0.1, 0.15) is 37.3 Å². The molecule has 2 aromatic carbocycles. The van der Waals surface area contributed by atoms with Crippen molar-refractivity contribution < 1.29 is 13.2 Å². The van der Waals surface area contributed by atoms with Crippen LogP contribution in [0.5, 0.6) is 0 Å². The van der Waals surface area contributed by atoms with Gasteiger partial charge in [-0.2, -0.15) is 0 Å². The molecule has 0 unspecified atom stereocenters. The van der Waals surface area contributed by atoms with Gasteiger partial charge < -0.3 is 5.32 Å². The fourth-order valence-electron chi connectivity index (χ4n) is 2.49. The van der Waals surface area contributed by atoms with E-state index in [9.17, 15) is 13.2 Å². The highest BCUT2D eigenvalue weighted by Crippen LogP contribution is 2.15. The van der Waals surface area contributed by atoms with E-state index in [1.807, 2.05) is 12.1 Å². The average Bonchev–Trinajstić information content (AvgIpc) is 2.61. The Bertz CT molecular complexity index is 781. The fourth-order valence-corrected chi connectivity index (χ4v) is 3.66. The van der Waals surface area contributed by atoms with Crippen LogP contribution >= 0.6 is 0 Å². The van der Waals surface area contributed by atoms with Crippen molar-refractivity contribution in [3.63, 3.8) is 0 Å². The van der Waals surface area contributed by atoms with E-state index in [0.717, 1.165) is 5.56 Å². The lowest BCUT2D eigenvalue weighted by Crippen LogP contribution is -2.29. The van der Waals surface area contributed by atoms with E-state index >= 15 is 0 Å². The fraction of sp³-hybridized carbons (Fsp3) is 0.350. The first kappa shape index (κ1) is 19.2. The number of hydrogen-bond acceptors (Lipinski definition) is 3. The molecule has 4 nitrogen and oxygen atoms in total. The van der Waals surface area contributed by atoms with Crippen LogP contribution in [0.15, 0.2) is 59.5 Å². The normalized spacial score (nSPS) is 11.5. The summed E-state index contributed by atoms with van der Waals surface area (Å²) >= 11 is 0. The minimum absolute atomic E-state index is 0.0914. The summed E-state index contributed by atoms with van der Waals surface area (Å²) in [7, 11) is -3.35. The molecule has 0 aromatic heterocycles. The van der Waals surface area contributed by atoms with Gasteiger partial charge in [0.15, 0.2) is 9.84 Å². The summed E-state index contributed by atoms with van der Waals surface area (Å²) in [6, 6.07) is 16.6. The molecule has 0 bridgehead atoms. The second kappa shape index (κ2) is 8.81. The van der Waals surface area contributed by atoms with Gasteiger partial charge in [-0.3, -0.25) is 4.79 Å². The van der Waals surface area contributed by atoms with Gasteiger partial charge in [-0.15, -0.1) is 0 Å². The maximum atomic E-state index is 12.1. The minimum atomic E-state index is -3.35. The van der Waals surface area contributed by atoms with Crippen molar-refractivity contribution >= 4 is 15.7 Å². The van der Waals surface area contributed by atoms with Gasteiger partial charge in [0.2, 0.25) is 5.91 Å². The topological polar surface area (TPSA) is 63.2 Å². The molecule has 134 valence electrons. The number of rotatable bonds is 8. The van der Waals surface area contributed by atoms with Crippen LogP contribution in [0.3, 0.4) is 0 Å². The third-order valence-corrected chi connectivity index (χ3v) is 5.81. The molecule has 0 saturated heterocycles. The molecule has 0 spiro atoms. The Morgan fingerprint density at radius 2 is 1.64 bits per heavy atom. The third kappa shape index (κ3) is 6.02. The molecule has 25 heavy (non-hydrogen) atoms. The number of carbonyl (C=O) groups excluding carboxylic acids is 1. The van der Waals surface area contributed by atoms with Crippen molar-refractivity contribution in [1.29, 1.82) is 0 Å². The zero-order chi connectivity index (χ0) is 18.3. The van der Waals surface area contributed by atoms with Gasteiger partial charge >= 0.3 is 0 Å². The lowest BCUT2D eigenvalue weighted by Gasteiger charge is -2.08. The lowest BCUT2D eigenvalue weighted by molar-refractivity contribution is -0.120. The van der Waals surface area contributed by atoms with E-state index in [1.54, 1.807) is 30.3 Å². The molecule has 1 amide bonds. The van der Waals surface area contributed by atoms with E-state index in [4.69, 9.17) is 0 Å². The molecular weight excluding hydrogens is 334 g/mol. The number of benzene rings is 2. The lowest BCUT2D eigenvalue weighted by atomic mass is 10.0. The first-order valence-electron chi connectivity index (χ1n) is 8.52. The minimum Gasteiger partial charge on any atom is -0.355 e. The molecule has 0 fully saturated rings. The summed E-state index contributed by atoms with van der Waals surface area (Å²) in [5, 5.41) is 2.69. The van der Waals surface area contributed by atoms with Crippen LogP contribution in [-0.4, -0.2) is 26.6 Å². The van der Waals surface area contributed by atoms with Crippen LogP contribution in [0.4, 0.5) is 0 Å². The molecule has 0 saturated carbocycles. The van der Waals surface area contributed by atoms with Crippen LogP contribution in [0.25, 0.3) is 0 Å². The first-order chi connectivity index (χ1) is 11.9. The van der Waals surface area contributed by atoms with E-state index in [1.165, 1.54) is 5.56 Å². The van der Waals surface area contributed by atoms with E-state index in [0.29, 0.717) is 18.8 Å². The van der Waals surface area contributed by atoms with Gasteiger partial charge in [0.25, 0.3) is 0 Å². The van der Waals surface area contributed by atoms with Crippen LogP contribution in [-0.2, 0) is 21.1 Å². The highest BCUT2D eigenvalue weighted by Gasteiger charge is 2.14. The Hall–Kier alpha value is -2.14. The van der Waals surface area contributed by atoms with Crippen molar-refractivity contribution in [3.05, 3.63) is 65.7 Å². The molecule has 0 atom stereocenters. The predicted molar refractivity (Wildman–Crippen MR) is 100 cm³/mol. The summed E-state index contributed by atoms with van der Waals surface area (Å²) in [6.07, 6.45) is 1.00. The number of nitrogens with one attached hydrogen (secondary N) is 1. The summed E-state index contributed by atoms with van der Waals surface area (Å²) in [5.74, 6) is 0.270. The Balaban J connectivity index is 1.75. The second-order valence-electron chi connectivity index (χ2n) is 6.38. The molecule has 0 aliphatic heterocycles. The smallest absolute Gasteiger partial charge is 0.220 e. The van der Waals surface area contributed by atoms with Crippen LogP contribution < -0.4 is 5.32 Å². The summed E-state index contributed by atoms with van der Waals surface area (Å²) < 4.78 is 24.3. The Morgan fingerprint density at radius 3 is 2.24 bits per heavy atom. The maximum Gasteiger partial charge on any atom is 0.220 e. The van der Waals surface area contributed by atoms with Gasteiger partial charge in [-0.1, -0.05) is 56.3 Å². The van der Waals surface area contributed by atoms with E-state index in [2.05, 4.69) is 31.3 Å². The third-order valence-electron chi connectivity index (χ3n) is 4.08. The Morgan fingerprint density at radius 1 is 1.00 bits per heavy atom. The van der Waals surface area contributed by atoms with E-state index in [-0.39, 0.29) is 23.1 Å². The number of carbonyl (C=O) groups is 1. The van der Waals surface area contributed by atoms with Crippen molar-refractivity contribution in [2.24, 2.45) is 0 Å². The number of amides is 1. The zero-order valence-corrected chi connectivity index (χ0v) is 15.6. The van der Waals surface area contributed by atoms with E-state index < -0.39 is 9.84 Å². The Labute approximate surface area is 150 Å². The maximum absolute atomic E-state index is 12.1. The van der Waals surface area contributed by atoms with Gasteiger partial charge in [-0.05, 0) is 35.6 Å². The molecule has 5 heteroatoms. The highest BCUT2D eigenvalue weighted by atomic mass is 32.2. The zero-order valence-electron chi connectivity index (χ0n) is 14.7. The van der Waals surface area contributed by atoms with Gasteiger partial charge in [0.05, 0.1) is 10.6 Å². The molecular formula is C20H25NO3S. The second-order valence-corrected chi connectivity index (χ2v) is 8.49. The van der Waals surface area contributed by atoms with Crippen molar-refractivity contribution in [2.75, 3.05) is 12.3 Å². The van der Waals surface area contributed by atoms with Crippen molar-refractivity contribution in [1.82, 2.24) is 5.32 Å². The van der Waals surface area contributed by atoms with Crippen LogP contribution in [0, 0.1) is 0 Å². The number of sulfone groups is 1. The number of hydrogen-bond donors (Lipinski definition) is 1. The molecule has 0 aliphatic rings. The van der Waals surface area contributed by atoms with Gasteiger partial charge in [-0.25, -0.2) is 8.42 Å². The van der Waals surface area contributed by atoms with Gasteiger partial charge in [0, 0.05) is 13.0 Å². The molecule has 0 heterocycles. The summed E-state index contributed by atoms with van der Waals surface area (Å²) in [6.45, 7) is 4.42. The number of aryl methyl sites for hydroxylation is 1. The highest BCUT2D eigenvalue weighted by molar-refractivity contribution is 7.91. The molecule has 2 rings (SSSR count). The monoisotopic (exact) mass is 359 g/mol. The first-order valence-corrected chi connectivity index (χ1v) is 10.2. The van der Waals surface area contributed by atoms with Crippen molar-refractivity contribution in [2.45, 2.75) is 37.5 Å². The molecule has 0 radical (unpaired) electrons. The summed E-state index contributed by atoms with van der Waals surface area (Å²) in [5.41, 5.74) is 2.38. The SMILES string of the molecule is CC(C)c1ccc(CCC(=O)NCCS(=O)(=O)c2ccccc2)cc1. The van der Waals surface area contributed by atoms with Crippen LogP contribution in [0.2, 0.25) is 0 Å². The molecule has 1 N–H and O–H groups in total.